The Labute approximate surface area is 83.5 Å². The van der Waals surface area contributed by atoms with Gasteiger partial charge in [-0.05, 0) is 31.6 Å². The van der Waals surface area contributed by atoms with Crippen LogP contribution in [0.1, 0.15) is 47.5 Å². The summed E-state index contributed by atoms with van der Waals surface area (Å²) in [7, 11) is 0. The second-order valence-electron chi connectivity index (χ2n) is 5.31. The molecule has 1 aliphatic rings. The summed E-state index contributed by atoms with van der Waals surface area (Å²) in [6, 6.07) is 1.68. The van der Waals surface area contributed by atoms with E-state index in [-0.39, 0.29) is 0 Å². The Morgan fingerprint density at radius 1 is 1.08 bits per heavy atom. The molecule has 0 spiro atoms. The number of hydrogen-bond donors (Lipinski definition) is 0. The number of nitrogens with zero attached hydrogens (tertiary/aromatic N) is 1. The highest BCUT2D eigenvalue weighted by Crippen LogP contribution is 2.31. The minimum Gasteiger partial charge on any atom is -0.297 e. The van der Waals surface area contributed by atoms with Gasteiger partial charge in [0.25, 0.3) is 0 Å². The number of rotatable bonds is 5. The molecule has 1 fully saturated rings. The van der Waals surface area contributed by atoms with E-state index in [1.807, 2.05) is 0 Å². The summed E-state index contributed by atoms with van der Waals surface area (Å²) >= 11 is 0. The van der Waals surface area contributed by atoms with Gasteiger partial charge in [-0.3, -0.25) is 4.90 Å². The van der Waals surface area contributed by atoms with Crippen LogP contribution in [0.5, 0.6) is 0 Å². The molecule has 1 nitrogen and oxygen atoms in total. The van der Waals surface area contributed by atoms with Crippen LogP contribution in [0.3, 0.4) is 0 Å². The Bertz CT molecular complexity index is 147. The molecule has 78 valence electrons. The van der Waals surface area contributed by atoms with Crippen LogP contribution < -0.4 is 0 Å². The van der Waals surface area contributed by atoms with Crippen molar-refractivity contribution in [2.24, 2.45) is 11.8 Å². The monoisotopic (exact) mass is 183 g/mol. The molecule has 1 aliphatic carbocycles. The molecule has 0 unspecified atom stereocenters. The van der Waals surface area contributed by atoms with E-state index in [2.05, 4.69) is 39.5 Å². The van der Waals surface area contributed by atoms with E-state index in [0.717, 1.165) is 23.9 Å². The molecule has 0 aromatic carbocycles. The second-order valence-corrected chi connectivity index (χ2v) is 5.31. The lowest BCUT2D eigenvalue weighted by Gasteiger charge is -2.33. The van der Waals surface area contributed by atoms with Crippen LogP contribution in [0.4, 0.5) is 0 Å². The lowest BCUT2D eigenvalue weighted by atomic mass is 10.0. The van der Waals surface area contributed by atoms with Crippen molar-refractivity contribution >= 4 is 0 Å². The summed E-state index contributed by atoms with van der Waals surface area (Å²) in [5.74, 6) is 1.60. The van der Waals surface area contributed by atoms with Gasteiger partial charge < -0.3 is 0 Å². The number of hydrogen-bond acceptors (Lipinski definition) is 1. The van der Waals surface area contributed by atoms with E-state index in [0.29, 0.717) is 0 Å². The molecule has 0 bridgehead atoms. The van der Waals surface area contributed by atoms with E-state index >= 15 is 0 Å². The summed E-state index contributed by atoms with van der Waals surface area (Å²) in [5.41, 5.74) is 0. The topological polar surface area (TPSA) is 3.24 Å². The Balaban J connectivity index is 2.45. The first kappa shape index (κ1) is 11.0. The van der Waals surface area contributed by atoms with Crippen LogP contribution in [0.15, 0.2) is 0 Å². The summed E-state index contributed by atoms with van der Waals surface area (Å²) in [4.78, 5) is 2.72. The third-order valence-corrected chi connectivity index (χ3v) is 3.08. The normalized spacial score (nSPS) is 20.3. The summed E-state index contributed by atoms with van der Waals surface area (Å²) in [6.07, 6.45) is 2.87. The van der Waals surface area contributed by atoms with Gasteiger partial charge in [0.05, 0.1) is 0 Å². The zero-order chi connectivity index (χ0) is 10.0. The predicted octanol–water partition coefficient (Wildman–Crippen LogP) is 3.15. The van der Waals surface area contributed by atoms with Crippen molar-refractivity contribution in [2.45, 2.75) is 59.5 Å². The third kappa shape index (κ3) is 3.30. The van der Waals surface area contributed by atoms with Crippen molar-refractivity contribution < 1.29 is 0 Å². The maximum atomic E-state index is 2.72. The van der Waals surface area contributed by atoms with Crippen LogP contribution in [0, 0.1) is 11.8 Å². The fourth-order valence-electron chi connectivity index (χ4n) is 1.86. The van der Waals surface area contributed by atoms with Crippen LogP contribution in [-0.2, 0) is 0 Å². The van der Waals surface area contributed by atoms with Crippen molar-refractivity contribution in [3.05, 3.63) is 0 Å². The van der Waals surface area contributed by atoms with E-state index in [4.69, 9.17) is 0 Å². The molecule has 1 atom stereocenters. The van der Waals surface area contributed by atoms with Gasteiger partial charge in [0, 0.05) is 18.6 Å². The highest BCUT2D eigenvalue weighted by Gasteiger charge is 2.33. The summed E-state index contributed by atoms with van der Waals surface area (Å²) in [6.45, 7) is 13.0. The fraction of sp³-hybridized carbons (Fsp3) is 1.00. The molecule has 1 heteroatoms. The SMILES string of the molecule is CC(C)CN(C1CC1)[C@@H](C)C(C)C. The first-order valence-electron chi connectivity index (χ1n) is 5.78. The smallest absolute Gasteiger partial charge is 0.00994 e. The highest BCUT2D eigenvalue weighted by atomic mass is 15.2. The Kier molecular flexibility index (Phi) is 3.78. The zero-order valence-electron chi connectivity index (χ0n) is 9.88. The molecule has 1 rings (SSSR count). The maximum absolute atomic E-state index is 2.72. The van der Waals surface area contributed by atoms with Gasteiger partial charge in [-0.2, -0.15) is 0 Å². The molecule has 0 amide bonds. The minimum atomic E-state index is 0.759. The maximum Gasteiger partial charge on any atom is 0.00994 e. The predicted molar refractivity (Wildman–Crippen MR) is 58.9 cm³/mol. The summed E-state index contributed by atoms with van der Waals surface area (Å²) in [5, 5.41) is 0. The Morgan fingerprint density at radius 3 is 1.92 bits per heavy atom. The molecule has 0 N–H and O–H groups in total. The lowest BCUT2D eigenvalue weighted by Crippen LogP contribution is -2.40. The molecular weight excluding hydrogens is 158 g/mol. The standard InChI is InChI=1S/C12H25N/c1-9(2)8-13(12-6-7-12)11(5)10(3)4/h9-12H,6-8H2,1-5H3/t11-/m0/s1. The Hall–Kier alpha value is -0.0400. The Morgan fingerprint density at radius 2 is 1.62 bits per heavy atom. The molecule has 0 aromatic heterocycles. The molecule has 1 saturated carbocycles. The van der Waals surface area contributed by atoms with E-state index < -0.39 is 0 Å². The lowest BCUT2D eigenvalue weighted by molar-refractivity contribution is 0.141. The molecule has 0 saturated heterocycles. The fourth-order valence-corrected chi connectivity index (χ4v) is 1.86. The van der Waals surface area contributed by atoms with Gasteiger partial charge in [0.2, 0.25) is 0 Å². The highest BCUT2D eigenvalue weighted by molar-refractivity contribution is 4.88. The molecular formula is C12H25N. The van der Waals surface area contributed by atoms with Gasteiger partial charge in [-0.25, -0.2) is 0 Å². The molecule has 13 heavy (non-hydrogen) atoms. The zero-order valence-corrected chi connectivity index (χ0v) is 9.88. The van der Waals surface area contributed by atoms with Crippen LogP contribution in [-0.4, -0.2) is 23.5 Å². The van der Waals surface area contributed by atoms with Crippen molar-refractivity contribution in [3.63, 3.8) is 0 Å². The first-order valence-corrected chi connectivity index (χ1v) is 5.78. The van der Waals surface area contributed by atoms with Gasteiger partial charge in [0.1, 0.15) is 0 Å². The quantitative estimate of drug-likeness (QED) is 0.633. The second kappa shape index (κ2) is 4.45. The summed E-state index contributed by atoms with van der Waals surface area (Å²) < 4.78 is 0. The molecule has 0 heterocycles. The van der Waals surface area contributed by atoms with E-state index in [1.165, 1.54) is 19.4 Å². The van der Waals surface area contributed by atoms with Gasteiger partial charge >= 0.3 is 0 Å². The molecule has 0 aliphatic heterocycles. The molecule has 0 aromatic rings. The van der Waals surface area contributed by atoms with Crippen molar-refractivity contribution in [3.8, 4) is 0 Å². The van der Waals surface area contributed by atoms with Crippen molar-refractivity contribution in [1.29, 1.82) is 0 Å². The van der Waals surface area contributed by atoms with Crippen LogP contribution >= 0.6 is 0 Å². The van der Waals surface area contributed by atoms with Gasteiger partial charge in [-0.15, -0.1) is 0 Å². The van der Waals surface area contributed by atoms with Gasteiger partial charge in [0.15, 0.2) is 0 Å². The van der Waals surface area contributed by atoms with Gasteiger partial charge in [-0.1, -0.05) is 27.7 Å². The van der Waals surface area contributed by atoms with Crippen LogP contribution in [0.2, 0.25) is 0 Å². The van der Waals surface area contributed by atoms with Crippen molar-refractivity contribution in [1.82, 2.24) is 4.90 Å². The first-order chi connectivity index (χ1) is 6.02. The average Bonchev–Trinajstić information content (AvgIpc) is 2.80. The minimum absolute atomic E-state index is 0.759. The van der Waals surface area contributed by atoms with E-state index in [9.17, 15) is 0 Å². The largest absolute Gasteiger partial charge is 0.297 e. The average molecular weight is 183 g/mol. The van der Waals surface area contributed by atoms with Crippen LogP contribution in [0.25, 0.3) is 0 Å². The van der Waals surface area contributed by atoms with Crippen molar-refractivity contribution in [2.75, 3.05) is 6.54 Å². The third-order valence-electron chi connectivity index (χ3n) is 3.08. The van der Waals surface area contributed by atoms with E-state index in [1.54, 1.807) is 0 Å². The molecule has 0 radical (unpaired) electrons.